The lowest BCUT2D eigenvalue weighted by molar-refractivity contribution is -0.115. The van der Waals surface area contributed by atoms with Crippen molar-refractivity contribution in [3.05, 3.63) is 56.9 Å². The molecule has 148 valence electrons. The predicted octanol–water partition coefficient (Wildman–Crippen LogP) is 5.30. The second-order valence-corrected chi connectivity index (χ2v) is 7.53. The molecule has 0 aromatic heterocycles. The van der Waals surface area contributed by atoms with Crippen LogP contribution in [0.5, 0.6) is 11.5 Å². The number of para-hydroxylation sites is 1. The fraction of sp³-hybridized carbons (Fsp3) is 0.143. The Hall–Kier alpha value is -2.59. The Labute approximate surface area is 183 Å². The summed E-state index contributed by atoms with van der Waals surface area (Å²) in [5.74, 6) is 2.96. The third kappa shape index (κ3) is 5.27. The number of carbonyl (C=O) groups excluding carboxylic acids is 1. The van der Waals surface area contributed by atoms with Crippen LogP contribution in [0.4, 0.5) is 5.69 Å². The van der Waals surface area contributed by atoms with Gasteiger partial charge >= 0.3 is 0 Å². The number of hydrogen-bond acceptors (Lipinski definition) is 5. The van der Waals surface area contributed by atoms with Crippen LogP contribution in [0.2, 0.25) is 10.0 Å². The van der Waals surface area contributed by atoms with Crippen LogP contribution in [0.15, 0.2) is 46.3 Å². The summed E-state index contributed by atoms with van der Waals surface area (Å²) in [5, 5.41) is 4.02. The van der Waals surface area contributed by atoms with E-state index in [9.17, 15) is 4.79 Å². The van der Waals surface area contributed by atoms with Crippen molar-refractivity contribution in [1.82, 2.24) is 5.32 Å². The molecule has 5 nitrogen and oxygen atoms in total. The second kappa shape index (κ2) is 9.75. The molecule has 1 fully saturated rings. The molecule has 29 heavy (non-hydrogen) atoms. The normalized spacial score (nSPS) is 16.0. The van der Waals surface area contributed by atoms with Crippen molar-refractivity contribution in [1.29, 1.82) is 0 Å². The van der Waals surface area contributed by atoms with Gasteiger partial charge in [-0.2, -0.15) is 0 Å². The molecule has 0 atom stereocenters. The summed E-state index contributed by atoms with van der Waals surface area (Å²) in [6.45, 7) is 2.34. The summed E-state index contributed by atoms with van der Waals surface area (Å²) in [6.07, 6.45) is 6.95. The molecule has 1 saturated heterocycles. The number of hydrogen-bond donors (Lipinski definition) is 1. The molecule has 0 aliphatic carbocycles. The summed E-state index contributed by atoms with van der Waals surface area (Å²) in [4.78, 5) is 17.2. The number of rotatable bonds is 6. The van der Waals surface area contributed by atoms with Gasteiger partial charge in [0.1, 0.15) is 6.61 Å². The van der Waals surface area contributed by atoms with Crippen LogP contribution in [-0.4, -0.2) is 24.3 Å². The third-order valence-corrected chi connectivity index (χ3v) is 5.16. The molecule has 0 unspecified atom stereocenters. The molecular formula is C21H16Cl2N2O3S. The number of terminal acetylenes is 1. The Morgan fingerprint density at radius 1 is 1.24 bits per heavy atom. The van der Waals surface area contributed by atoms with Crippen molar-refractivity contribution in [2.75, 3.05) is 13.2 Å². The Kier molecular flexibility index (Phi) is 7.10. The SMILES string of the molecule is C#CCOc1c(Cl)cc(/C=C2\SC(=Nc3ccccc3Cl)NC2=O)cc1OCC. The van der Waals surface area contributed by atoms with E-state index in [0.29, 0.717) is 49.5 Å². The lowest BCUT2D eigenvalue weighted by atomic mass is 10.2. The molecule has 1 aliphatic rings. The second-order valence-electron chi connectivity index (χ2n) is 5.69. The largest absolute Gasteiger partial charge is 0.490 e. The number of nitrogens with zero attached hydrogens (tertiary/aromatic N) is 1. The third-order valence-electron chi connectivity index (χ3n) is 3.65. The van der Waals surface area contributed by atoms with E-state index in [1.54, 1.807) is 30.3 Å². The molecular weight excluding hydrogens is 431 g/mol. The summed E-state index contributed by atoms with van der Waals surface area (Å²) < 4.78 is 11.1. The van der Waals surface area contributed by atoms with Crippen molar-refractivity contribution < 1.29 is 14.3 Å². The van der Waals surface area contributed by atoms with Gasteiger partial charge in [-0.05, 0) is 54.6 Å². The van der Waals surface area contributed by atoms with Gasteiger partial charge in [-0.15, -0.1) is 6.42 Å². The molecule has 1 aliphatic heterocycles. The highest BCUT2D eigenvalue weighted by molar-refractivity contribution is 8.18. The maximum Gasteiger partial charge on any atom is 0.264 e. The number of carbonyl (C=O) groups is 1. The molecule has 2 aromatic rings. The zero-order valence-corrected chi connectivity index (χ0v) is 17.7. The molecule has 0 spiro atoms. The lowest BCUT2D eigenvalue weighted by Crippen LogP contribution is -2.19. The van der Waals surface area contributed by atoms with Crippen LogP contribution in [0.1, 0.15) is 12.5 Å². The first-order valence-electron chi connectivity index (χ1n) is 8.58. The predicted molar refractivity (Wildman–Crippen MR) is 119 cm³/mol. The summed E-state index contributed by atoms with van der Waals surface area (Å²) >= 11 is 13.7. The number of benzene rings is 2. The highest BCUT2D eigenvalue weighted by atomic mass is 35.5. The number of thioether (sulfide) groups is 1. The number of amides is 1. The minimum atomic E-state index is -0.262. The summed E-state index contributed by atoms with van der Waals surface area (Å²) in [5.41, 5.74) is 1.26. The summed E-state index contributed by atoms with van der Waals surface area (Å²) in [6, 6.07) is 10.6. The van der Waals surface area contributed by atoms with Gasteiger partial charge in [0.05, 0.1) is 27.2 Å². The Morgan fingerprint density at radius 2 is 2.03 bits per heavy atom. The van der Waals surface area contributed by atoms with E-state index in [-0.39, 0.29) is 12.5 Å². The van der Waals surface area contributed by atoms with E-state index in [1.165, 1.54) is 11.8 Å². The quantitative estimate of drug-likeness (QED) is 0.483. The molecule has 1 amide bonds. The Bertz CT molecular complexity index is 1040. The number of aliphatic imine (C=N–C) groups is 1. The first-order valence-corrected chi connectivity index (χ1v) is 10.2. The maximum absolute atomic E-state index is 12.3. The average molecular weight is 447 g/mol. The van der Waals surface area contributed by atoms with Gasteiger partial charge in [0.15, 0.2) is 16.7 Å². The number of amidine groups is 1. The monoisotopic (exact) mass is 446 g/mol. The minimum Gasteiger partial charge on any atom is -0.490 e. The van der Waals surface area contributed by atoms with Crippen LogP contribution in [0.3, 0.4) is 0 Å². The smallest absolute Gasteiger partial charge is 0.264 e. The van der Waals surface area contributed by atoms with Crippen molar-refractivity contribution in [2.24, 2.45) is 4.99 Å². The maximum atomic E-state index is 12.3. The van der Waals surface area contributed by atoms with Crippen molar-refractivity contribution in [3.63, 3.8) is 0 Å². The van der Waals surface area contributed by atoms with Gasteiger partial charge in [0.25, 0.3) is 5.91 Å². The fourth-order valence-electron chi connectivity index (χ4n) is 2.47. The van der Waals surface area contributed by atoms with Gasteiger partial charge in [-0.3, -0.25) is 4.79 Å². The standard InChI is InChI=1S/C21H16Cl2N2O3S/c1-3-9-28-19-15(23)10-13(11-17(19)27-4-2)12-18-20(26)25-21(29-18)24-16-8-6-5-7-14(16)22/h1,5-8,10-12H,4,9H2,2H3,(H,24,25,26)/b18-12-. The van der Waals surface area contributed by atoms with Crippen LogP contribution < -0.4 is 14.8 Å². The fourth-order valence-corrected chi connectivity index (χ4v) is 3.76. The molecule has 1 N–H and O–H groups in total. The van der Waals surface area contributed by atoms with Crippen LogP contribution in [0.25, 0.3) is 6.08 Å². The molecule has 1 heterocycles. The molecule has 0 radical (unpaired) electrons. The highest BCUT2D eigenvalue weighted by Crippen LogP contribution is 2.38. The molecule has 0 saturated carbocycles. The van der Waals surface area contributed by atoms with Gasteiger partial charge in [-0.25, -0.2) is 4.99 Å². The van der Waals surface area contributed by atoms with E-state index in [0.717, 1.165) is 0 Å². The average Bonchev–Trinajstić information content (AvgIpc) is 3.02. The number of halogens is 2. The number of nitrogens with one attached hydrogen (secondary N) is 1. The first-order chi connectivity index (χ1) is 14.0. The molecule has 2 aromatic carbocycles. The zero-order valence-electron chi connectivity index (χ0n) is 15.4. The summed E-state index contributed by atoms with van der Waals surface area (Å²) in [7, 11) is 0. The van der Waals surface area contributed by atoms with E-state index in [1.807, 2.05) is 19.1 Å². The Balaban J connectivity index is 1.89. The minimum absolute atomic E-state index is 0.0698. The van der Waals surface area contributed by atoms with Crippen molar-refractivity contribution in [3.8, 4) is 23.8 Å². The zero-order chi connectivity index (χ0) is 20.8. The van der Waals surface area contributed by atoms with Gasteiger partial charge in [-0.1, -0.05) is 41.3 Å². The van der Waals surface area contributed by atoms with E-state index < -0.39 is 0 Å². The highest BCUT2D eigenvalue weighted by Gasteiger charge is 2.24. The topological polar surface area (TPSA) is 59.9 Å². The number of ether oxygens (including phenoxy) is 2. The Morgan fingerprint density at radius 3 is 2.76 bits per heavy atom. The van der Waals surface area contributed by atoms with Gasteiger partial charge in [0, 0.05) is 0 Å². The van der Waals surface area contributed by atoms with Crippen LogP contribution in [0, 0.1) is 12.3 Å². The van der Waals surface area contributed by atoms with Gasteiger partial charge < -0.3 is 14.8 Å². The van der Waals surface area contributed by atoms with Crippen LogP contribution >= 0.6 is 35.0 Å². The molecule has 8 heteroatoms. The van der Waals surface area contributed by atoms with E-state index >= 15 is 0 Å². The van der Waals surface area contributed by atoms with E-state index in [2.05, 4.69) is 16.2 Å². The van der Waals surface area contributed by atoms with Crippen molar-refractivity contribution >= 4 is 57.8 Å². The first kappa shape index (κ1) is 21.1. The van der Waals surface area contributed by atoms with Crippen molar-refractivity contribution in [2.45, 2.75) is 6.92 Å². The lowest BCUT2D eigenvalue weighted by Gasteiger charge is -2.13. The molecule has 3 rings (SSSR count). The van der Waals surface area contributed by atoms with E-state index in [4.69, 9.17) is 39.1 Å². The van der Waals surface area contributed by atoms with Crippen LogP contribution in [-0.2, 0) is 4.79 Å². The molecule has 0 bridgehead atoms. The van der Waals surface area contributed by atoms with Gasteiger partial charge in [0.2, 0.25) is 0 Å².